The Hall–Kier alpha value is -1.25. The summed E-state index contributed by atoms with van der Waals surface area (Å²) in [4.78, 5) is 14.4. The molecule has 0 amide bonds. The van der Waals surface area contributed by atoms with E-state index in [0.29, 0.717) is 5.88 Å². The third kappa shape index (κ3) is 1.97. The lowest BCUT2D eigenvalue weighted by atomic mass is 9.83. The van der Waals surface area contributed by atoms with Crippen LogP contribution in [0.3, 0.4) is 0 Å². The molecule has 0 aliphatic rings. The molecule has 0 fully saturated rings. The number of rotatable bonds is 3. The molecule has 0 aliphatic heterocycles. The zero-order valence-corrected chi connectivity index (χ0v) is 9.18. The molecule has 0 bridgehead atoms. The van der Waals surface area contributed by atoms with Crippen molar-refractivity contribution >= 4 is 0 Å². The molecule has 1 heterocycles. The first-order valence-electron chi connectivity index (χ1n) is 4.79. The summed E-state index contributed by atoms with van der Waals surface area (Å²) in [6.07, 6.45) is 0.933. The lowest BCUT2D eigenvalue weighted by Gasteiger charge is -2.21. The van der Waals surface area contributed by atoms with E-state index in [1.54, 1.807) is 6.07 Å². The van der Waals surface area contributed by atoms with Crippen molar-refractivity contribution in [3.05, 3.63) is 28.0 Å². The van der Waals surface area contributed by atoms with E-state index in [2.05, 4.69) is 25.8 Å². The van der Waals surface area contributed by atoms with Gasteiger partial charge >= 0.3 is 0 Å². The monoisotopic (exact) mass is 195 g/mol. The summed E-state index contributed by atoms with van der Waals surface area (Å²) in [5.41, 5.74) is 0.664. The molecule has 0 radical (unpaired) electrons. The van der Waals surface area contributed by atoms with Gasteiger partial charge in [-0.15, -0.1) is 0 Å². The summed E-state index contributed by atoms with van der Waals surface area (Å²) in [5, 5.41) is 0. The van der Waals surface area contributed by atoms with Gasteiger partial charge in [-0.25, -0.2) is 0 Å². The Morgan fingerprint density at radius 1 is 1.43 bits per heavy atom. The Morgan fingerprint density at radius 3 is 2.50 bits per heavy atom. The van der Waals surface area contributed by atoms with Crippen molar-refractivity contribution in [2.24, 2.45) is 0 Å². The van der Waals surface area contributed by atoms with Crippen LogP contribution < -0.4 is 10.3 Å². The summed E-state index contributed by atoms with van der Waals surface area (Å²) < 4.78 is 4.94. The second-order valence-corrected chi connectivity index (χ2v) is 4.01. The largest absolute Gasteiger partial charge is 0.482 e. The lowest BCUT2D eigenvalue weighted by molar-refractivity contribution is 0.394. The van der Waals surface area contributed by atoms with Crippen molar-refractivity contribution in [2.75, 3.05) is 7.11 Å². The first kappa shape index (κ1) is 10.8. The number of nitrogens with one attached hydrogen (secondary N) is 1. The molecule has 14 heavy (non-hydrogen) atoms. The van der Waals surface area contributed by atoms with E-state index in [4.69, 9.17) is 4.74 Å². The van der Waals surface area contributed by atoms with Gasteiger partial charge in [0.2, 0.25) is 0 Å². The zero-order valence-electron chi connectivity index (χ0n) is 9.18. The number of hydrogen-bond acceptors (Lipinski definition) is 2. The molecule has 3 nitrogen and oxygen atoms in total. The van der Waals surface area contributed by atoms with Gasteiger partial charge in [0.1, 0.15) is 0 Å². The number of H-pyrrole nitrogens is 1. The molecule has 0 aliphatic carbocycles. The topological polar surface area (TPSA) is 42.1 Å². The summed E-state index contributed by atoms with van der Waals surface area (Å²) in [7, 11) is 1.54. The number of aromatic nitrogens is 1. The number of hydrogen-bond donors (Lipinski definition) is 1. The summed E-state index contributed by atoms with van der Waals surface area (Å²) in [5.74, 6) is 0.505. The number of pyridine rings is 1. The van der Waals surface area contributed by atoms with Gasteiger partial charge in [-0.05, 0) is 24.0 Å². The highest BCUT2D eigenvalue weighted by molar-refractivity contribution is 5.24. The van der Waals surface area contributed by atoms with E-state index < -0.39 is 0 Å². The maximum atomic E-state index is 11.7. The third-order valence-corrected chi connectivity index (χ3v) is 2.72. The first-order valence-corrected chi connectivity index (χ1v) is 4.79. The van der Waals surface area contributed by atoms with Crippen LogP contribution in [0.1, 0.15) is 32.8 Å². The van der Waals surface area contributed by atoms with E-state index in [-0.39, 0.29) is 11.0 Å². The molecule has 0 atom stereocenters. The highest BCUT2D eigenvalue weighted by Gasteiger charge is 2.21. The van der Waals surface area contributed by atoms with E-state index >= 15 is 0 Å². The van der Waals surface area contributed by atoms with Crippen LogP contribution in [-0.4, -0.2) is 12.1 Å². The molecular formula is C11H17NO2. The van der Waals surface area contributed by atoms with Gasteiger partial charge in [-0.1, -0.05) is 20.8 Å². The highest BCUT2D eigenvalue weighted by Crippen LogP contribution is 2.23. The summed E-state index contributed by atoms with van der Waals surface area (Å²) in [6, 6.07) is 3.62. The van der Waals surface area contributed by atoms with Crippen LogP contribution in [0.5, 0.6) is 5.88 Å². The van der Waals surface area contributed by atoms with Crippen molar-refractivity contribution < 1.29 is 4.74 Å². The molecule has 1 rings (SSSR count). The molecule has 0 saturated heterocycles. The highest BCUT2D eigenvalue weighted by atomic mass is 16.5. The Balaban J connectivity index is 3.19. The van der Waals surface area contributed by atoms with Gasteiger partial charge in [-0.3, -0.25) is 9.78 Å². The van der Waals surface area contributed by atoms with Crippen LogP contribution in [-0.2, 0) is 5.41 Å². The van der Waals surface area contributed by atoms with Gasteiger partial charge in [0, 0.05) is 5.56 Å². The summed E-state index contributed by atoms with van der Waals surface area (Å²) >= 11 is 0. The fourth-order valence-electron chi connectivity index (χ4n) is 1.30. The van der Waals surface area contributed by atoms with E-state index in [1.165, 1.54) is 7.11 Å². The Labute approximate surface area is 84.1 Å². The maximum absolute atomic E-state index is 11.7. The minimum absolute atomic E-state index is 0.0591. The van der Waals surface area contributed by atoms with Gasteiger partial charge in [0.25, 0.3) is 5.56 Å². The van der Waals surface area contributed by atoms with Crippen molar-refractivity contribution in [1.29, 1.82) is 0 Å². The quantitative estimate of drug-likeness (QED) is 0.802. The van der Waals surface area contributed by atoms with Gasteiger partial charge in [0.05, 0.1) is 7.11 Å². The van der Waals surface area contributed by atoms with Crippen LogP contribution in [0.15, 0.2) is 16.9 Å². The van der Waals surface area contributed by atoms with Crippen molar-refractivity contribution in [3.63, 3.8) is 0 Å². The predicted molar refractivity (Wildman–Crippen MR) is 56.9 cm³/mol. The molecule has 1 aromatic heterocycles. The second kappa shape index (κ2) is 3.86. The Bertz CT molecular complexity index is 366. The molecule has 0 saturated carbocycles. The zero-order chi connectivity index (χ0) is 10.8. The van der Waals surface area contributed by atoms with Gasteiger partial charge in [0.15, 0.2) is 5.88 Å². The molecule has 78 valence electrons. The average molecular weight is 195 g/mol. The summed E-state index contributed by atoms with van der Waals surface area (Å²) in [6.45, 7) is 6.19. The van der Waals surface area contributed by atoms with E-state index in [0.717, 1.165) is 12.0 Å². The Morgan fingerprint density at radius 2 is 2.07 bits per heavy atom. The number of ether oxygens (including phenoxy) is 1. The fraction of sp³-hybridized carbons (Fsp3) is 0.545. The number of methoxy groups -OCH3 is 1. The third-order valence-electron chi connectivity index (χ3n) is 2.72. The van der Waals surface area contributed by atoms with Crippen LogP contribution in [0.2, 0.25) is 0 Å². The van der Waals surface area contributed by atoms with Gasteiger partial charge < -0.3 is 4.74 Å². The predicted octanol–water partition coefficient (Wildman–Crippen LogP) is 2.07. The minimum Gasteiger partial charge on any atom is -0.482 e. The molecule has 0 spiro atoms. The van der Waals surface area contributed by atoms with E-state index in [1.807, 2.05) is 6.07 Å². The lowest BCUT2D eigenvalue weighted by Crippen LogP contribution is -2.26. The normalized spacial score (nSPS) is 11.4. The fourth-order valence-corrected chi connectivity index (χ4v) is 1.30. The van der Waals surface area contributed by atoms with E-state index in [9.17, 15) is 4.79 Å². The standard InChI is InChI=1S/C11H17NO2/c1-5-11(2,3)8-6-7-9(14-4)12-10(8)13/h6-7H,5H2,1-4H3,(H,12,13). The minimum atomic E-state index is -0.0835. The van der Waals surface area contributed by atoms with Crippen LogP contribution in [0.25, 0.3) is 0 Å². The molecule has 0 aromatic carbocycles. The molecular weight excluding hydrogens is 178 g/mol. The first-order chi connectivity index (χ1) is 6.51. The van der Waals surface area contributed by atoms with Gasteiger partial charge in [-0.2, -0.15) is 0 Å². The smallest absolute Gasteiger partial charge is 0.254 e. The maximum Gasteiger partial charge on any atom is 0.254 e. The molecule has 1 N–H and O–H groups in total. The molecule has 3 heteroatoms. The number of aromatic amines is 1. The van der Waals surface area contributed by atoms with Crippen LogP contribution in [0, 0.1) is 0 Å². The molecule has 1 aromatic rings. The van der Waals surface area contributed by atoms with Crippen LogP contribution >= 0.6 is 0 Å². The van der Waals surface area contributed by atoms with Crippen molar-refractivity contribution in [3.8, 4) is 5.88 Å². The second-order valence-electron chi connectivity index (χ2n) is 4.01. The molecule has 0 unspecified atom stereocenters. The van der Waals surface area contributed by atoms with Crippen LogP contribution in [0.4, 0.5) is 0 Å². The van der Waals surface area contributed by atoms with Crippen molar-refractivity contribution in [1.82, 2.24) is 4.98 Å². The Kier molecular flexibility index (Phi) is 2.99. The SMILES string of the molecule is CCC(C)(C)c1ccc(OC)[nH]c1=O. The van der Waals surface area contributed by atoms with Crippen molar-refractivity contribution in [2.45, 2.75) is 32.6 Å². The average Bonchev–Trinajstić information content (AvgIpc) is 2.17.